The standard InChI is InChI=1S/C16H23FN2O2S/c1-13-12-15(6-7-16(13)17)22(20,21)19-10-8-18(9-11-19)14-4-2-3-5-14/h6-7,12,14H,2-5,8-11H2,1H3. The van der Waals surface area contributed by atoms with Crippen LogP contribution in [-0.4, -0.2) is 49.8 Å². The van der Waals surface area contributed by atoms with E-state index in [0.29, 0.717) is 24.7 Å². The van der Waals surface area contributed by atoms with E-state index in [9.17, 15) is 12.8 Å². The highest BCUT2D eigenvalue weighted by Gasteiger charge is 2.32. The Morgan fingerprint density at radius 2 is 1.73 bits per heavy atom. The lowest BCUT2D eigenvalue weighted by molar-refractivity contribution is 0.139. The summed E-state index contributed by atoms with van der Waals surface area (Å²) < 4.78 is 40.2. The number of piperazine rings is 1. The van der Waals surface area contributed by atoms with E-state index < -0.39 is 10.0 Å². The van der Waals surface area contributed by atoms with Gasteiger partial charge in [-0.3, -0.25) is 4.90 Å². The number of sulfonamides is 1. The van der Waals surface area contributed by atoms with Gasteiger partial charge in [0, 0.05) is 32.2 Å². The number of aryl methyl sites for hydroxylation is 1. The number of nitrogens with zero attached hydrogens (tertiary/aromatic N) is 2. The zero-order valence-electron chi connectivity index (χ0n) is 13.0. The first-order valence-electron chi connectivity index (χ1n) is 7.99. The van der Waals surface area contributed by atoms with E-state index in [0.717, 1.165) is 13.1 Å². The molecule has 1 aromatic rings. The summed E-state index contributed by atoms with van der Waals surface area (Å²) in [6.07, 6.45) is 5.06. The molecule has 122 valence electrons. The van der Waals surface area contributed by atoms with E-state index in [1.54, 1.807) is 6.92 Å². The number of halogens is 1. The fraction of sp³-hybridized carbons (Fsp3) is 0.625. The van der Waals surface area contributed by atoms with Gasteiger partial charge in [0.05, 0.1) is 4.90 Å². The van der Waals surface area contributed by atoms with Gasteiger partial charge in [-0.15, -0.1) is 0 Å². The lowest BCUT2D eigenvalue weighted by Crippen LogP contribution is -2.51. The lowest BCUT2D eigenvalue weighted by atomic mass is 10.2. The van der Waals surface area contributed by atoms with Gasteiger partial charge < -0.3 is 0 Å². The summed E-state index contributed by atoms with van der Waals surface area (Å²) in [6, 6.07) is 4.66. The largest absolute Gasteiger partial charge is 0.298 e. The van der Waals surface area contributed by atoms with Crippen molar-refractivity contribution in [2.45, 2.75) is 43.5 Å². The highest BCUT2D eigenvalue weighted by molar-refractivity contribution is 7.89. The van der Waals surface area contributed by atoms with Crippen LogP contribution in [0.25, 0.3) is 0 Å². The second kappa shape index (κ2) is 6.26. The van der Waals surface area contributed by atoms with Crippen LogP contribution in [0, 0.1) is 12.7 Å². The monoisotopic (exact) mass is 326 g/mol. The zero-order valence-corrected chi connectivity index (χ0v) is 13.8. The number of benzene rings is 1. The van der Waals surface area contributed by atoms with Crippen LogP contribution >= 0.6 is 0 Å². The average Bonchev–Trinajstić information content (AvgIpc) is 3.04. The third-order valence-electron chi connectivity index (χ3n) is 4.88. The third-order valence-corrected chi connectivity index (χ3v) is 6.78. The normalized spacial score (nSPS) is 22.3. The SMILES string of the molecule is Cc1cc(S(=O)(=O)N2CCN(C3CCCC3)CC2)ccc1F. The van der Waals surface area contributed by atoms with Gasteiger partial charge in [0.2, 0.25) is 10.0 Å². The van der Waals surface area contributed by atoms with Gasteiger partial charge in [-0.1, -0.05) is 12.8 Å². The van der Waals surface area contributed by atoms with Crippen LogP contribution < -0.4 is 0 Å². The molecule has 1 aliphatic heterocycles. The van der Waals surface area contributed by atoms with Crippen molar-refractivity contribution >= 4 is 10.0 Å². The molecule has 0 unspecified atom stereocenters. The number of hydrogen-bond donors (Lipinski definition) is 0. The van der Waals surface area contributed by atoms with Crippen molar-refractivity contribution in [1.29, 1.82) is 0 Å². The second-order valence-corrected chi connectivity index (χ2v) is 8.23. The predicted octanol–water partition coefficient (Wildman–Crippen LogP) is 2.38. The van der Waals surface area contributed by atoms with Crippen LogP contribution in [-0.2, 0) is 10.0 Å². The van der Waals surface area contributed by atoms with Crippen molar-refractivity contribution < 1.29 is 12.8 Å². The second-order valence-electron chi connectivity index (χ2n) is 6.29. The van der Waals surface area contributed by atoms with Gasteiger partial charge in [-0.05, 0) is 43.5 Å². The molecule has 0 aromatic heterocycles. The Morgan fingerprint density at radius 1 is 1.09 bits per heavy atom. The molecule has 1 heterocycles. The van der Waals surface area contributed by atoms with E-state index in [4.69, 9.17) is 0 Å². The van der Waals surface area contributed by atoms with Crippen LogP contribution in [0.5, 0.6) is 0 Å². The van der Waals surface area contributed by atoms with Gasteiger partial charge in [-0.25, -0.2) is 12.8 Å². The zero-order chi connectivity index (χ0) is 15.7. The maximum absolute atomic E-state index is 13.3. The van der Waals surface area contributed by atoms with Crippen LogP contribution in [0.1, 0.15) is 31.2 Å². The highest BCUT2D eigenvalue weighted by atomic mass is 32.2. The molecule has 22 heavy (non-hydrogen) atoms. The Balaban J connectivity index is 1.70. The molecule has 2 fully saturated rings. The molecule has 4 nitrogen and oxygen atoms in total. The molecule has 0 radical (unpaired) electrons. The van der Waals surface area contributed by atoms with Crippen LogP contribution in [0.4, 0.5) is 4.39 Å². The summed E-state index contributed by atoms with van der Waals surface area (Å²) in [4.78, 5) is 2.62. The first kappa shape index (κ1) is 15.9. The Morgan fingerprint density at radius 3 is 2.32 bits per heavy atom. The first-order chi connectivity index (χ1) is 10.5. The molecule has 0 spiro atoms. The van der Waals surface area contributed by atoms with Gasteiger partial charge >= 0.3 is 0 Å². The van der Waals surface area contributed by atoms with E-state index >= 15 is 0 Å². The molecule has 1 saturated carbocycles. The number of rotatable bonds is 3. The Kier molecular flexibility index (Phi) is 4.52. The van der Waals surface area contributed by atoms with Crippen molar-refractivity contribution in [3.05, 3.63) is 29.6 Å². The van der Waals surface area contributed by atoms with E-state index in [1.165, 1.54) is 48.2 Å². The molecular weight excluding hydrogens is 303 g/mol. The maximum Gasteiger partial charge on any atom is 0.243 e. The third kappa shape index (κ3) is 3.05. The topological polar surface area (TPSA) is 40.6 Å². The minimum Gasteiger partial charge on any atom is -0.298 e. The van der Waals surface area contributed by atoms with Crippen molar-refractivity contribution in [3.63, 3.8) is 0 Å². The summed E-state index contributed by atoms with van der Waals surface area (Å²) >= 11 is 0. The molecule has 0 N–H and O–H groups in total. The van der Waals surface area contributed by atoms with Crippen molar-refractivity contribution in [2.24, 2.45) is 0 Å². The van der Waals surface area contributed by atoms with Gasteiger partial charge in [-0.2, -0.15) is 4.31 Å². The maximum atomic E-state index is 13.3. The molecule has 1 saturated heterocycles. The summed E-state index contributed by atoms with van der Waals surface area (Å²) in [7, 11) is -3.51. The minimum absolute atomic E-state index is 0.195. The quantitative estimate of drug-likeness (QED) is 0.856. The van der Waals surface area contributed by atoms with Crippen LogP contribution in [0.3, 0.4) is 0 Å². The summed E-state index contributed by atoms with van der Waals surface area (Å²) in [5.74, 6) is -0.370. The summed E-state index contributed by atoms with van der Waals surface area (Å²) in [5, 5.41) is 0. The lowest BCUT2D eigenvalue weighted by Gasteiger charge is -2.37. The van der Waals surface area contributed by atoms with Crippen LogP contribution in [0.15, 0.2) is 23.1 Å². The molecule has 6 heteroatoms. The predicted molar refractivity (Wildman–Crippen MR) is 83.7 cm³/mol. The molecule has 3 rings (SSSR count). The molecule has 0 amide bonds. The van der Waals surface area contributed by atoms with Crippen molar-refractivity contribution in [1.82, 2.24) is 9.21 Å². The van der Waals surface area contributed by atoms with Gasteiger partial charge in [0.25, 0.3) is 0 Å². The Hall–Kier alpha value is -0.980. The Bertz CT molecular complexity index is 634. The highest BCUT2D eigenvalue weighted by Crippen LogP contribution is 2.26. The Labute approximate surface area is 132 Å². The molecule has 1 aromatic carbocycles. The van der Waals surface area contributed by atoms with E-state index in [2.05, 4.69) is 4.90 Å². The molecule has 2 aliphatic rings. The number of hydrogen-bond acceptors (Lipinski definition) is 3. The van der Waals surface area contributed by atoms with Gasteiger partial charge in [0.15, 0.2) is 0 Å². The summed E-state index contributed by atoms with van der Waals surface area (Å²) in [5.41, 5.74) is 0.366. The van der Waals surface area contributed by atoms with E-state index in [1.807, 2.05) is 0 Å². The molecule has 1 aliphatic carbocycles. The smallest absolute Gasteiger partial charge is 0.243 e. The fourth-order valence-corrected chi connectivity index (χ4v) is 5.01. The molecule has 0 atom stereocenters. The summed E-state index contributed by atoms with van der Waals surface area (Å²) in [6.45, 7) is 4.23. The molecule has 0 bridgehead atoms. The molecular formula is C16H23FN2O2S. The fourth-order valence-electron chi connectivity index (χ4n) is 3.51. The minimum atomic E-state index is -3.51. The first-order valence-corrected chi connectivity index (χ1v) is 9.43. The van der Waals surface area contributed by atoms with Crippen molar-refractivity contribution in [2.75, 3.05) is 26.2 Å². The van der Waals surface area contributed by atoms with Gasteiger partial charge in [0.1, 0.15) is 5.82 Å². The van der Waals surface area contributed by atoms with Crippen LogP contribution in [0.2, 0.25) is 0 Å². The van der Waals surface area contributed by atoms with E-state index in [-0.39, 0.29) is 10.7 Å². The average molecular weight is 326 g/mol. The van der Waals surface area contributed by atoms with Crippen molar-refractivity contribution in [3.8, 4) is 0 Å².